The number of benzene rings is 1. The van der Waals surface area contributed by atoms with Gasteiger partial charge in [0.1, 0.15) is 18.8 Å². The lowest BCUT2D eigenvalue weighted by atomic mass is 10.2. The Labute approximate surface area is 132 Å². The van der Waals surface area contributed by atoms with Crippen LogP contribution < -0.4 is 19.5 Å². The molecule has 114 valence electrons. The van der Waals surface area contributed by atoms with Crippen LogP contribution in [-0.2, 0) is 0 Å². The van der Waals surface area contributed by atoms with E-state index in [2.05, 4.69) is 10.3 Å². The van der Waals surface area contributed by atoms with E-state index in [-0.39, 0.29) is 11.8 Å². The van der Waals surface area contributed by atoms with Crippen molar-refractivity contribution in [1.82, 2.24) is 4.98 Å². The summed E-state index contributed by atoms with van der Waals surface area (Å²) >= 11 is 6.17. The van der Waals surface area contributed by atoms with Gasteiger partial charge in [-0.1, -0.05) is 11.6 Å². The maximum absolute atomic E-state index is 12.4. The van der Waals surface area contributed by atoms with E-state index in [1.54, 1.807) is 30.5 Å². The first-order valence-electron chi connectivity index (χ1n) is 6.58. The van der Waals surface area contributed by atoms with E-state index < -0.39 is 0 Å². The minimum atomic E-state index is -0.372. The van der Waals surface area contributed by atoms with Crippen LogP contribution in [0.4, 0.5) is 5.69 Å². The van der Waals surface area contributed by atoms with Crippen molar-refractivity contribution in [3.8, 4) is 17.4 Å². The standard InChI is InChI=1S/C15H13ClN2O4/c1-20-15-9(3-2-4-17-15)14(19)18-11-8-13-12(7-10(11)16)21-5-6-22-13/h2-4,7-8H,5-6H2,1H3,(H,18,19). The minimum Gasteiger partial charge on any atom is -0.486 e. The minimum absolute atomic E-state index is 0.244. The molecule has 22 heavy (non-hydrogen) atoms. The van der Waals surface area contributed by atoms with Gasteiger partial charge in [-0.3, -0.25) is 4.79 Å². The number of halogens is 1. The third kappa shape index (κ3) is 2.78. The highest BCUT2D eigenvalue weighted by Gasteiger charge is 2.18. The molecule has 0 saturated heterocycles. The lowest BCUT2D eigenvalue weighted by Crippen LogP contribution is -2.17. The molecule has 1 aliphatic rings. The molecule has 3 rings (SSSR count). The van der Waals surface area contributed by atoms with Crippen LogP contribution in [0.25, 0.3) is 0 Å². The number of carbonyl (C=O) groups excluding carboxylic acids is 1. The summed E-state index contributed by atoms with van der Waals surface area (Å²) in [6, 6.07) is 6.53. The zero-order valence-corrected chi connectivity index (χ0v) is 12.5. The highest BCUT2D eigenvalue weighted by Crippen LogP contribution is 2.38. The number of carbonyl (C=O) groups is 1. The van der Waals surface area contributed by atoms with E-state index in [9.17, 15) is 4.79 Å². The molecule has 1 aromatic carbocycles. The molecule has 2 aromatic rings. The molecule has 0 bridgehead atoms. The molecule has 0 spiro atoms. The molecule has 0 atom stereocenters. The fraction of sp³-hybridized carbons (Fsp3) is 0.200. The number of methoxy groups -OCH3 is 1. The van der Waals surface area contributed by atoms with Gasteiger partial charge in [0.25, 0.3) is 5.91 Å². The number of anilines is 1. The first kappa shape index (κ1) is 14.5. The van der Waals surface area contributed by atoms with Gasteiger partial charge in [0.05, 0.1) is 17.8 Å². The lowest BCUT2D eigenvalue weighted by Gasteiger charge is -2.20. The number of hydrogen-bond acceptors (Lipinski definition) is 5. The van der Waals surface area contributed by atoms with Crippen LogP contribution in [0.15, 0.2) is 30.5 Å². The summed E-state index contributed by atoms with van der Waals surface area (Å²) in [5.41, 5.74) is 0.748. The first-order chi connectivity index (χ1) is 10.7. The second kappa shape index (κ2) is 6.11. The van der Waals surface area contributed by atoms with Crippen LogP contribution in [0.1, 0.15) is 10.4 Å². The summed E-state index contributed by atoms with van der Waals surface area (Å²) in [4.78, 5) is 16.3. The Morgan fingerprint density at radius 2 is 2.05 bits per heavy atom. The smallest absolute Gasteiger partial charge is 0.261 e. The van der Waals surface area contributed by atoms with Crippen LogP contribution >= 0.6 is 11.6 Å². The van der Waals surface area contributed by atoms with Gasteiger partial charge in [-0.2, -0.15) is 0 Å². The molecule has 2 heterocycles. The van der Waals surface area contributed by atoms with E-state index in [1.807, 2.05) is 0 Å². The van der Waals surface area contributed by atoms with E-state index in [4.69, 9.17) is 25.8 Å². The molecule has 0 fully saturated rings. The van der Waals surface area contributed by atoms with Crippen molar-refractivity contribution in [2.45, 2.75) is 0 Å². The average molecular weight is 321 g/mol. The van der Waals surface area contributed by atoms with E-state index in [0.29, 0.717) is 41.0 Å². The number of nitrogens with one attached hydrogen (secondary N) is 1. The van der Waals surface area contributed by atoms with Crippen molar-refractivity contribution in [1.29, 1.82) is 0 Å². The number of fused-ring (bicyclic) bond motifs is 1. The van der Waals surface area contributed by atoms with Gasteiger partial charge in [-0.05, 0) is 12.1 Å². The molecule has 0 radical (unpaired) electrons. The van der Waals surface area contributed by atoms with Crippen molar-refractivity contribution in [3.63, 3.8) is 0 Å². The van der Waals surface area contributed by atoms with Crippen molar-refractivity contribution in [2.24, 2.45) is 0 Å². The highest BCUT2D eigenvalue weighted by molar-refractivity contribution is 6.34. The predicted molar refractivity (Wildman–Crippen MR) is 81.2 cm³/mol. The van der Waals surface area contributed by atoms with Gasteiger partial charge in [0, 0.05) is 18.3 Å². The Morgan fingerprint density at radius 3 is 2.77 bits per heavy atom. The number of nitrogens with zero attached hydrogens (tertiary/aromatic N) is 1. The molecule has 1 aromatic heterocycles. The molecule has 0 unspecified atom stereocenters. The Bertz CT molecular complexity index is 721. The van der Waals surface area contributed by atoms with Gasteiger partial charge in [-0.25, -0.2) is 4.98 Å². The van der Waals surface area contributed by atoms with Crippen molar-refractivity contribution in [2.75, 3.05) is 25.6 Å². The Hall–Kier alpha value is -2.47. The van der Waals surface area contributed by atoms with Crippen LogP contribution in [-0.4, -0.2) is 31.2 Å². The number of pyridine rings is 1. The number of amides is 1. The molecule has 7 heteroatoms. The maximum atomic E-state index is 12.4. The fourth-order valence-electron chi connectivity index (χ4n) is 2.08. The topological polar surface area (TPSA) is 69.7 Å². The number of hydrogen-bond donors (Lipinski definition) is 1. The van der Waals surface area contributed by atoms with Crippen molar-refractivity contribution >= 4 is 23.2 Å². The van der Waals surface area contributed by atoms with Crippen LogP contribution in [0, 0.1) is 0 Å². The van der Waals surface area contributed by atoms with Crippen LogP contribution in [0.2, 0.25) is 5.02 Å². The Morgan fingerprint density at radius 1 is 1.32 bits per heavy atom. The normalized spacial score (nSPS) is 12.6. The molecule has 6 nitrogen and oxygen atoms in total. The Kier molecular flexibility index (Phi) is 4.02. The van der Waals surface area contributed by atoms with Crippen molar-refractivity contribution < 1.29 is 19.0 Å². The molecule has 0 aliphatic carbocycles. The van der Waals surface area contributed by atoms with Gasteiger partial charge in [-0.15, -0.1) is 0 Å². The summed E-state index contributed by atoms with van der Waals surface area (Å²) in [6.07, 6.45) is 1.55. The second-order valence-corrected chi connectivity index (χ2v) is 4.90. The summed E-state index contributed by atoms with van der Waals surface area (Å²) in [7, 11) is 1.45. The second-order valence-electron chi connectivity index (χ2n) is 4.49. The molecular weight excluding hydrogens is 308 g/mol. The number of ether oxygens (including phenoxy) is 3. The van der Waals surface area contributed by atoms with Gasteiger partial charge < -0.3 is 19.5 Å². The summed E-state index contributed by atoms with van der Waals surface area (Å²) in [5.74, 6) is 0.981. The highest BCUT2D eigenvalue weighted by atomic mass is 35.5. The van der Waals surface area contributed by atoms with Crippen LogP contribution in [0.3, 0.4) is 0 Å². The molecule has 1 aliphatic heterocycles. The van der Waals surface area contributed by atoms with E-state index in [1.165, 1.54) is 7.11 Å². The van der Waals surface area contributed by atoms with E-state index >= 15 is 0 Å². The number of rotatable bonds is 3. The quantitative estimate of drug-likeness (QED) is 0.941. The molecule has 0 saturated carbocycles. The van der Waals surface area contributed by atoms with Crippen molar-refractivity contribution in [3.05, 3.63) is 41.0 Å². The molecule has 1 N–H and O–H groups in total. The SMILES string of the molecule is COc1ncccc1C(=O)Nc1cc2c(cc1Cl)OCCO2. The third-order valence-corrected chi connectivity index (χ3v) is 3.40. The summed E-state index contributed by atoms with van der Waals surface area (Å²) in [6.45, 7) is 0.931. The van der Waals surface area contributed by atoms with Gasteiger partial charge in [0.15, 0.2) is 11.5 Å². The maximum Gasteiger partial charge on any atom is 0.261 e. The lowest BCUT2D eigenvalue weighted by molar-refractivity contribution is 0.102. The van der Waals surface area contributed by atoms with Crippen LogP contribution in [0.5, 0.6) is 17.4 Å². The van der Waals surface area contributed by atoms with E-state index in [0.717, 1.165) is 0 Å². The summed E-state index contributed by atoms with van der Waals surface area (Å²) in [5, 5.41) is 3.09. The Balaban J connectivity index is 1.88. The third-order valence-electron chi connectivity index (χ3n) is 3.09. The monoisotopic (exact) mass is 320 g/mol. The summed E-state index contributed by atoms with van der Waals surface area (Å²) < 4.78 is 16.0. The largest absolute Gasteiger partial charge is 0.486 e. The first-order valence-corrected chi connectivity index (χ1v) is 6.96. The average Bonchev–Trinajstić information content (AvgIpc) is 2.55. The van der Waals surface area contributed by atoms with Gasteiger partial charge >= 0.3 is 0 Å². The predicted octanol–water partition coefficient (Wildman–Crippen LogP) is 2.77. The molecular formula is C15H13ClN2O4. The fourth-order valence-corrected chi connectivity index (χ4v) is 2.28. The molecule has 1 amide bonds. The number of aromatic nitrogens is 1. The zero-order valence-electron chi connectivity index (χ0n) is 11.8. The zero-order chi connectivity index (χ0) is 15.5. The van der Waals surface area contributed by atoms with Gasteiger partial charge in [0.2, 0.25) is 5.88 Å².